The summed E-state index contributed by atoms with van der Waals surface area (Å²) in [7, 11) is -2.88. The molecule has 210 valence electrons. The molecule has 2 heterocycles. The number of nitrogens with one attached hydrogen (secondary N) is 1. The van der Waals surface area contributed by atoms with Gasteiger partial charge in [0.2, 0.25) is 11.6 Å². The van der Waals surface area contributed by atoms with Gasteiger partial charge >= 0.3 is 6.18 Å². The van der Waals surface area contributed by atoms with E-state index in [4.69, 9.17) is 5.26 Å². The Morgan fingerprint density at radius 2 is 1.83 bits per heavy atom. The van der Waals surface area contributed by atoms with E-state index in [0.717, 1.165) is 17.8 Å². The molecule has 1 unspecified atom stereocenters. The first-order chi connectivity index (χ1) is 19.3. The fraction of sp³-hybridized carbons (Fsp3) is 0.172. The van der Waals surface area contributed by atoms with E-state index in [1.54, 1.807) is 42.7 Å². The second-order valence-electron chi connectivity index (χ2n) is 9.26. The fourth-order valence-corrected chi connectivity index (χ4v) is 5.10. The Morgan fingerprint density at radius 3 is 2.44 bits per heavy atom. The number of nitriles is 1. The van der Waals surface area contributed by atoms with E-state index in [1.165, 1.54) is 49.1 Å². The molecule has 1 atom stereocenters. The van der Waals surface area contributed by atoms with Gasteiger partial charge in [0.1, 0.15) is 5.56 Å². The van der Waals surface area contributed by atoms with E-state index in [1.807, 2.05) is 0 Å². The minimum atomic E-state index is -4.62. The lowest BCUT2D eigenvalue weighted by molar-refractivity contribution is -0.137. The Bertz CT molecular complexity index is 1850. The first kappa shape index (κ1) is 29.2. The molecule has 0 aliphatic heterocycles. The van der Waals surface area contributed by atoms with Crippen LogP contribution in [0.1, 0.15) is 32.9 Å². The number of hydrogen-bond acceptors (Lipinski definition) is 6. The number of nitrogens with zero attached hydrogens (tertiary/aromatic N) is 4. The molecule has 0 spiro atoms. The van der Waals surface area contributed by atoms with Crippen molar-refractivity contribution in [2.75, 3.05) is 6.26 Å². The van der Waals surface area contributed by atoms with Crippen molar-refractivity contribution in [1.82, 2.24) is 14.9 Å². The molecule has 0 aliphatic rings. The maximum Gasteiger partial charge on any atom is 0.416 e. The Morgan fingerprint density at radius 1 is 1.12 bits per heavy atom. The Hall–Kier alpha value is -4.76. The monoisotopic (exact) mass is 579 g/mol. The summed E-state index contributed by atoms with van der Waals surface area (Å²) >= 11 is 0. The van der Waals surface area contributed by atoms with Crippen LogP contribution in [0.5, 0.6) is 0 Å². The SMILES string of the molecule is Cc1ccc(-n2cc(C(=O)NCc3ccc(S(C)(=O)=NC#N)cc3)c(=O)c(-c3cccc(C(F)(F)F)c3)c2C)cn1. The molecule has 2 aromatic heterocycles. The number of alkyl halides is 3. The number of carbonyl (C=O) groups is 1. The van der Waals surface area contributed by atoms with Crippen LogP contribution >= 0.6 is 0 Å². The molecule has 0 bridgehead atoms. The molecule has 0 saturated heterocycles. The van der Waals surface area contributed by atoms with Crippen LogP contribution in [0, 0.1) is 25.3 Å². The summed E-state index contributed by atoms with van der Waals surface area (Å²) in [6.45, 7) is 3.38. The zero-order chi connectivity index (χ0) is 29.9. The van der Waals surface area contributed by atoms with E-state index < -0.39 is 32.8 Å². The summed E-state index contributed by atoms with van der Waals surface area (Å²) < 4.78 is 57.8. The predicted molar refractivity (Wildman–Crippen MR) is 148 cm³/mol. The largest absolute Gasteiger partial charge is 0.416 e. The van der Waals surface area contributed by atoms with Crippen LogP contribution in [0.15, 0.2) is 87.1 Å². The molecule has 1 N–H and O–H groups in total. The van der Waals surface area contributed by atoms with Crippen molar-refractivity contribution >= 4 is 15.6 Å². The van der Waals surface area contributed by atoms with Crippen molar-refractivity contribution in [3.63, 3.8) is 0 Å². The molecule has 2 aromatic carbocycles. The summed E-state index contributed by atoms with van der Waals surface area (Å²) in [4.78, 5) is 31.5. The second kappa shape index (κ2) is 11.4. The summed E-state index contributed by atoms with van der Waals surface area (Å²) in [6.07, 6.45) is 1.13. The molecule has 4 rings (SSSR count). The van der Waals surface area contributed by atoms with E-state index in [2.05, 4.69) is 14.7 Å². The molecule has 1 amide bonds. The third kappa shape index (κ3) is 6.36. The zero-order valence-corrected chi connectivity index (χ0v) is 23.0. The molecule has 0 radical (unpaired) electrons. The molecular weight excluding hydrogens is 555 g/mol. The second-order valence-corrected chi connectivity index (χ2v) is 11.5. The van der Waals surface area contributed by atoms with Crippen molar-refractivity contribution < 1.29 is 22.2 Å². The topological polar surface area (TPSA) is 117 Å². The number of amides is 1. The normalized spacial score (nSPS) is 12.7. The molecule has 0 fully saturated rings. The van der Waals surface area contributed by atoms with E-state index in [-0.39, 0.29) is 23.2 Å². The van der Waals surface area contributed by atoms with Crippen LogP contribution < -0.4 is 10.7 Å². The van der Waals surface area contributed by atoms with Crippen LogP contribution in [0.25, 0.3) is 16.8 Å². The van der Waals surface area contributed by atoms with E-state index >= 15 is 0 Å². The first-order valence-electron chi connectivity index (χ1n) is 12.2. The van der Waals surface area contributed by atoms with Crippen molar-refractivity contribution in [2.24, 2.45) is 4.36 Å². The van der Waals surface area contributed by atoms with Gasteiger partial charge in [0.25, 0.3) is 5.91 Å². The number of aromatic nitrogens is 2. The highest BCUT2D eigenvalue weighted by Gasteiger charge is 2.31. The van der Waals surface area contributed by atoms with Gasteiger partial charge in [0, 0.05) is 40.8 Å². The molecule has 41 heavy (non-hydrogen) atoms. The number of hydrogen-bond donors (Lipinski definition) is 1. The number of carbonyl (C=O) groups excluding carboxylic acids is 1. The average Bonchev–Trinajstić information content (AvgIpc) is 2.92. The van der Waals surface area contributed by atoms with E-state index in [0.29, 0.717) is 21.8 Å². The lowest BCUT2D eigenvalue weighted by Gasteiger charge is -2.18. The van der Waals surface area contributed by atoms with Gasteiger partial charge in [-0.2, -0.15) is 18.4 Å². The Kier molecular flexibility index (Phi) is 8.12. The highest BCUT2D eigenvalue weighted by atomic mass is 32.2. The van der Waals surface area contributed by atoms with Gasteiger partial charge in [-0.15, -0.1) is 4.36 Å². The smallest absolute Gasteiger partial charge is 0.348 e. The van der Waals surface area contributed by atoms with Crippen LogP contribution in [0.3, 0.4) is 0 Å². The molecule has 4 aromatic rings. The van der Waals surface area contributed by atoms with Crippen LogP contribution in [-0.4, -0.2) is 25.9 Å². The van der Waals surface area contributed by atoms with Gasteiger partial charge < -0.3 is 9.88 Å². The van der Waals surface area contributed by atoms with Gasteiger partial charge in [-0.05, 0) is 61.4 Å². The Balaban J connectivity index is 1.76. The lowest BCUT2D eigenvalue weighted by Crippen LogP contribution is -2.30. The van der Waals surface area contributed by atoms with Gasteiger partial charge in [-0.25, -0.2) is 4.21 Å². The van der Waals surface area contributed by atoms with Gasteiger partial charge in [0.05, 0.1) is 27.2 Å². The quantitative estimate of drug-likeness (QED) is 0.307. The predicted octanol–water partition coefficient (Wildman–Crippen LogP) is 5.40. The minimum absolute atomic E-state index is 0.00227. The van der Waals surface area contributed by atoms with Crippen molar-refractivity contribution in [3.05, 3.63) is 111 Å². The highest BCUT2D eigenvalue weighted by Crippen LogP contribution is 2.32. The molecule has 12 heteroatoms. The van der Waals surface area contributed by atoms with Crippen LogP contribution in [0.4, 0.5) is 13.2 Å². The summed E-state index contributed by atoms with van der Waals surface area (Å²) in [6, 6.07) is 14.1. The minimum Gasteiger partial charge on any atom is -0.348 e. The van der Waals surface area contributed by atoms with Gasteiger partial charge in [0.15, 0.2) is 0 Å². The highest BCUT2D eigenvalue weighted by molar-refractivity contribution is 7.93. The lowest BCUT2D eigenvalue weighted by atomic mass is 9.98. The standard InChI is InChI=1S/C29H24F3N5O3S/c1-18-7-10-23(15-34-18)37-16-25(27(38)26(19(37)2)21-5-4-6-22(13-21)29(30,31)32)28(39)35-14-20-8-11-24(12-9-20)41(3,40)36-17-33/h4-13,15-16H,14H2,1-3H3,(H,35,39). The third-order valence-corrected chi connectivity index (χ3v) is 7.96. The van der Waals surface area contributed by atoms with Crippen molar-refractivity contribution in [3.8, 4) is 23.0 Å². The number of pyridine rings is 2. The molecular formula is C29H24F3N5O3S. The first-order valence-corrected chi connectivity index (χ1v) is 14.1. The number of benzene rings is 2. The number of aryl methyl sites for hydroxylation is 1. The number of halogens is 3. The Labute approximate surface area is 234 Å². The summed E-state index contributed by atoms with van der Waals surface area (Å²) in [5, 5.41) is 11.4. The van der Waals surface area contributed by atoms with Crippen LogP contribution in [-0.2, 0) is 22.5 Å². The van der Waals surface area contributed by atoms with E-state index in [9.17, 15) is 27.0 Å². The maximum absolute atomic E-state index is 13.6. The zero-order valence-electron chi connectivity index (χ0n) is 22.2. The van der Waals surface area contributed by atoms with Crippen molar-refractivity contribution in [2.45, 2.75) is 31.5 Å². The fourth-order valence-electron chi connectivity index (χ4n) is 4.20. The van der Waals surface area contributed by atoms with Crippen molar-refractivity contribution in [1.29, 1.82) is 5.26 Å². The average molecular weight is 580 g/mol. The van der Waals surface area contributed by atoms with Gasteiger partial charge in [-0.1, -0.05) is 24.3 Å². The molecule has 0 saturated carbocycles. The van der Waals surface area contributed by atoms with Gasteiger partial charge in [-0.3, -0.25) is 14.6 Å². The third-order valence-electron chi connectivity index (χ3n) is 6.38. The summed E-state index contributed by atoms with van der Waals surface area (Å²) in [5.41, 5.74) is 0.237. The van der Waals surface area contributed by atoms with Crippen LogP contribution in [0.2, 0.25) is 0 Å². The molecule has 8 nitrogen and oxygen atoms in total. The molecule has 0 aliphatic carbocycles. The maximum atomic E-state index is 13.6. The number of rotatable bonds is 6. The summed E-state index contributed by atoms with van der Waals surface area (Å²) in [5.74, 6) is -0.736.